The first kappa shape index (κ1) is 13.9. The van der Waals surface area contributed by atoms with Crippen molar-refractivity contribution in [2.45, 2.75) is 25.3 Å². The van der Waals surface area contributed by atoms with E-state index >= 15 is 0 Å². The molecule has 1 fully saturated rings. The van der Waals surface area contributed by atoms with Crippen LogP contribution in [0.3, 0.4) is 0 Å². The van der Waals surface area contributed by atoms with Gasteiger partial charge in [0.05, 0.1) is 5.69 Å². The van der Waals surface area contributed by atoms with Gasteiger partial charge < -0.3 is 10.4 Å². The molecule has 1 aromatic heterocycles. The van der Waals surface area contributed by atoms with Gasteiger partial charge in [0.25, 0.3) is 5.91 Å². The average Bonchev–Trinajstić information content (AvgIpc) is 2.69. The summed E-state index contributed by atoms with van der Waals surface area (Å²) in [5.41, 5.74) is -0.0203. The molecule has 0 aromatic carbocycles. The van der Waals surface area contributed by atoms with Gasteiger partial charge in [-0.15, -0.1) is 0 Å². The maximum absolute atomic E-state index is 12.2. The van der Waals surface area contributed by atoms with Crippen molar-refractivity contribution in [2.24, 2.45) is 7.05 Å². The van der Waals surface area contributed by atoms with Crippen molar-refractivity contribution in [3.8, 4) is 0 Å². The van der Waals surface area contributed by atoms with Crippen LogP contribution in [0.15, 0.2) is 6.07 Å². The Kier molecular flexibility index (Phi) is 3.84. The highest BCUT2D eigenvalue weighted by molar-refractivity contribution is 7.99. The summed E-state index contributed by atoms with van der Waals surface area (Å²) < 4.78 is 1.47. The van der Waals surface area contributed by atoms with E-state index in [-0.39, 0.29) is 5.91 Å². The first-order chi connectivity index (χ1) is 8.94. The van der Waals surface area contributed by atoms with Gasteiger partial charge in [0.15, 0.2) is 0 Å². The number of nitrogens with zero attached hydrogens (tertiary/aromatic N) is 2. The number of carboxylic acids is 1. The van der Waals surface area contributed by atoms with Crippen molar-refractivity contribution in [1.82, 2.24) is 15.1 Å². The zero-order chi connectivity index (χ0) is 14.0. The molecular formula is C12H17N3O3S. The molecule has 1 aliphatic heterocycles. The Morgan fingerprint density at radius 2 is 2.11 bits per heavy atom. The minimum Gasteiger partial charge on any atom is -0.480 e. The number of aliphatic carboxylic acids is 1. The molecule has 1 amide bonds. The van der Waals surface area contributed by atoms with Crippen molar-refractivity contribution in [1.29, 1.82) is 0 Å². The summed E-state index contributed by atoms with van der Waals surface area (Å²) in [5.74, 6) is 0.158. The number of carboxylic acid groups (broad SMARTS) is 1. The number of rotatable bonds is 3. The largest absolute Gasteiger partial charge is 0.480 e. The van der Waals surface area contributed by atoms with Gasteiger partial charge in [-0.1, -0.05) is 0 Å². The van der Waals surface area contributed by atoms with E-state index in [0.29, 0.717) is 18.5 Å². The second kappa shape index (κ2) is 5.24. The quantitative estimate of drug-likeness (QED) is 0.857. The zero-order valence-corrected chi connectivity index (χ0v) is 11.8. The van der Waals surface area contributed by atoms with Gasteiger partial charge in [-0.25, -0.2) is 4.79 Å². The highest BCUT2D eigenvalue weighted by Gasteiger charge is 2.41. The van der Waals surface area contributed by atoms with Gasteiger partial charge in [0.1, 0.15) is 11.2 Å². The summed E-state index contributed by atoms with van der Waals surface area (Å²) in [4.78, 5) is 23.7. The van der Waals surface area contributed by atoms with E-state index in [2.05, 4.69) is 10.4 Å². The molecule has 0 atom stereocenters. The van der Waals surface area contributed by atoms with Crippen LogP contribution in [0.1, 0.15) is 29.0 Å². The van der Waals surface area contributed by atoms with Crippen LogP contribution >= 0.6 is 11.8 Å². The fourth-order valence-electron chi connectivity index (χ4n) is 2.22. The second-order valence-corrected chi connectivity index (χ2v) is 5.97. The van der Waals surface area contributed by atoms with Crippen LogP contribution in [0.2, 0.25) is 0 Å². The van der Waals surface area contributed by atoms with E-state index in [9.17, 15) is 14.7 Å². The molecule has 0 unspecified atom stereocenters. The Labute approximate surface area is 115 Å². The lowest BCUT2D eigenvalue weighted by atomic mass is 9.92. The number of hydrogen-bond acceptors (Lipinski definition) is 4. The molecule has 104 valence electrons. The van der Waals surface area contributed by atoms with Crippen molar-refractivity contribution in [3.63, 3.8) is 0 Å². The molecule has 19 heavy (non-hydrogen) atoms. The molecule has 0 bridgehead atoms. The third-order valence-corrected chi connectivity index (χ3v) is 4.33. The number of carbonyl (C=O) groups is 2. The first-order valence-corrected chi connectivity index (χ1v) is 7.24. The predicted molar refractivity (Wildman–Crippen MR) is 72.3 cm³/mol. The normalized spacial score (nSPS) is 18.0. The standard InChI is InChI=1S/C12H17N3O3S/c1-8-7-9(15(2)14-8)10(16)13-12(11(17)18)3-5-19-6-4-12/h7H,3-6H2,1-2H3,(H,13,16)(H,17,18). The van der Waals surface area contributed by atoms with Crippen LogP contribution < -0.4 is 5.32 Å². The summed E-state index contributed by atoms with van der Waals surface area (Å²) in [6.07, 6.45) is 0.908. The number of aryl methyl sites for hydroxylation is 2. The fraction of sp³-hybridized carbons (Fsp3) is 0.583. The third kappa shape index (κ3) is 2.75. The Balaban J connectivity index is 2.20. The van der Waals surface area contributed by atoms with Crippen molar-refractivity contribution in [2.75, 3.05) is 11.5 Å². The Hall–Kier alpha value is -1.50. The highest BCUT2D eigenvalue weighted by Crippen LogP contribution is 2.27. The number of nitrogens with one attached hydrogen (secondary N) is 1. The lowest BCUT2D eigenvalue weighted by molar-refractivity contribution is -0.144. The first-order valence-electron chi connectivity index (χ1n) is 6.09. The molecule has 2 rings (SSSR count). The van der Waals surface area contributed by atoms with Gasteiger partial charge in [-0.3, -0.25) is 9.48 Å². The molecular weight excluding hydrogens is 266 g/mol. The maximum Gasteiger partial charge on any atom is 0.329 e. The van der Waals surface area contributed by atoms with E-state index in [1.165, 1.54) is 4.68 Å². The third-order valence-electron chi connectivity index (χ3n) is 3.34. The van der Waals surface area contributed by atoms with Gasteiger partial charge in [-0.2, -0.15) is 16.9 Å². The summed E-state index contributed by atoms with van der Waals surface area (Å²) in [7, 11) is 1.67. The Bertz CT molecular complexity index is 506. The molecule has 0 aliphatic carbocycles. The molecule has 1 aromatic rings. The fourth-order valence-corrected chi connectivity index (χ4v) is 3.41. The molecule has 1 aliphatic rings. The molecule has 0 radical (unpaired) electrons. The van der Waals surface area contributed by atoms with Gasteiger partial charge in [0.2, 0.25) is 0 Å². The summed E-state index contributed by atoms with van der Waals surface area (Å²) in [6, 6.07) is 1.66. The molecule has 0 spiro atoms. The zero-order valence-electron chi connectivity index (χ0n) is 11.0. The summed E-state index contributed by atoms with van der Waals surface area (Å²) >= 11 is 1.71. The summed E-state index contributed by atoms with van der Waals surface area (Å²) in [5, 5.41) is 16.2. The lowest BCUT2D eigenvalue weighted by Gasteiger charge is -2.33. The topological polar surface area (TPSA) is 84.2 Å². The van der Waals surface area contributed by atoms with E-state index in [4.69, 9.17) is 0 Å². The molecule has 7 heteroatoms. The monoisotopic (exact) mass is 283 g/mol. The maximum atomic E-state index is 12.2. The van der Waals surface area contributed by atoms with Crippen LogP contribution in [0.25, 0.3) is 0 Å². The lowest BCUT2D eigenvalue weighted by Crippen LogP contribution is -2.56. The van der Waals surface area contributed by atoms with Crippen LogP contribution in [-0.4, -0.2) is 43.8 Å². The van der Waals surface area contributed by atoms with Crippen LogP contribution in [-0.2, 0) is 11.8 Å². The van der Waals surface area contributed by atoms with E-state index in [1.807, 2.05) is 0 Å². The van der Waals surface area contributed by atoms with Gasteiger partial charge >= 0.3 is 5.97 Å². The molecule has 1 saturated heterocycles. The average molecular weight is 283 g/mol. The minimum absolute atomic E-state index is 0.377. The van der Waals surface area contributed by atoms with Crippen LogP contribution in [0.4, 0.5) is 0 Å². The van der Waals surface area contributed by atoms with Crippen LogP contribution in [0.5, 0.6) is 0 Å². The Morgan fingerprint density at radius 3 is 2.58 bits per heavy atom. The van der Waals surface area contributed by atoms with Crippen molar-refractivity contribution >= 4 is 23.6 Å². The van der Waals surface area contributed by atoms with E-state index in [1.54, 1.807) is 31.8 Å². The number of aromatic nitrogens is 2. The Morgan fingerprint density at radius 1 is 1.47 bits per heavy atom. The van der Waals surface area contributed by atoms with E-state index < -0.39 is 11.5 Å². The molecule has 6 nitrogen and oxygen atoms in total. The van der Waals surface area contributed by atoms with Crippen molar-refractivity contribution in [3.05, 3.63) is 17.5 Å². The predicted octanol–water partition coefficient (Wildman–Crippen LogP) is 0.809. The SMILES string of the molecule is Cc1cc(C(=O)NC2(C(=O)O)CCSCC2)n(C)n1. The molecule has 2 N–H and O–H groups in total. The van der Waals surface area contributed by atoms with E-state index in [0.717, 1.165) is 17.2 Å². The number of hydrogen-bond donors (Lipinski definition) is 2. The highest BCUT2D eigenvalue weighted by atomic mass is 32.2. The number of thioether (sulfide) groups is 1. The molecule has 0 saturated carbocycles. The number of amides is 1. The van der Waals surface area contributed by atoms with Crippen molar-refractivity contribution < 1.29 is 14.7 Å². The summed E-state index contributed by atoms with van der Waals surface area (Å²) in [6.45, 7) is 1.79. The van der Waals surface area contributed by atoms with Gasteiger partial charge in [-0.05, 0) is 37.3 Å². The number of carbonyl (C=O) groups excluding carboxylic acids is 1. The smallest absolute Gasteiger partial charge is 0.329 e. The second-order valence-electron chi connectivity index (χ2n) is 4.75. The minimum atomic E-state index is -1.14. The van der Waals surface area contributed by atoms with Gasteiger partial charge in [0, 0.05) is 7.05 Å². The van der Waals surface area contributed by atoms with Crippen LogP contribution in [0, 0.1) is 6.92 Å². The molecule has 2 heterocycles.